The van der Waals surface area contributed by atoms with E-state index in [4.69, 9.17) is 0 Å². The summed E-state index contributed by atoms with van der Waals surface area (Å²) in [6.45, 7) is 6.19. The van der Waals surface area contributed by atoms with E-state index in [9.17, 15) is 0 Å². The summed E-state index contributed by atoms with van der Waals surface area (Å²) in [5.74, 6) is 0.491. The fraction of sp³-hybridized carbons (Fsp3) is 0.727. The molecule has 3 heteroatoms. The second kappa shape index (κ2) is 6.57. The Balaban J connectivity index is 2.26. The second-order valence-electron chi connectivity index (χ2n) is 3.73. The lowest BCUT2D eigenvalue weighted by molar-refractivity contribution is 0.546. The molecule has 1 unspecified atom stereocenters. The summed E-state index contributed by atoms with van der Waals surface area (Å²) in [5.41, 5.74) is 1.07. The van der Waals surface area contributed by atoms with Gasteiger partial charge in [-0.3, -0.25) is 5.10 Å². The lowest BCUT2D eigenvalue weighted by Gasteiger charge is -2.10. The molecule has 0 bridgehead atoms. The molecule has 0 aromatic carbocycles. The molecule has 0 spiro atoms. The summed E-state index contributed by atoms with van der Waals surface area (Å²) in [4.78, 5) is 0. The minimum atomic E-state index is 0.491. The van der Waals surface area contributed by atoms with Gasteiger partial charge in [0.05, 0.1) is 5.69 Å². The molecule has 0 saturated carbocycles. The van der Waals surface area contributed by atoms with Gasteiger partial charge in [0.2, 0.25) is 0 Å². The topological polar surface area (TPSA) is 41.6 Å². The van der Waals surface area contributed by atoms with Gasteiger partial charge in [0.1, 0.15) is 0 Å². The van der Waals surface area contributed by atoms with Crippen LogP contribution < -0.4 is 0 Å². The molecule has 1 aromatic heterocycles. The Morgan fingerprint density at radius 2 is 2.29 bits per heavy atom. The zero-order chi connectivity index (χ0) is 10.2. The molecule has 0 saturated heterocycles. The average molecular weight is 194 g/mol. The number of aromatic nitrogens is 3. The Morgan fingerprint density at radius 1 is 1.43 bits per heavy atom. The summed E-state index contributed by atoms with van der Waals surface area (Å²) in [6.07, 6.45) is 9.22. The lowest BCUT2D eigenvalue weighted by atomic mass is 9.96. The summed E-state index contributed by atoms with van der Waals surface area (Å²) in [6, 6.07) is 0. The monoisotopic (exact) mass is 194 g/mol. The van der Waals surface area contributed by atoms with Gasteiger partial charge in [-0.05, 0) is 12.8 Å². The van der Waals surface area contributed by atoms with Crippen LogP contribution in [0.1, 0.15) is 57.1 Å². The molecule has 1 rings (SSSR count). The molecule has 0 aliphatic carbocycles. The van der Waals surface area contributed by atoms with E-state index in [1.165, 1.54) is 32.1 Å². The number of nitrogens with one attached hydrogen (secondary N) is 1. The van der Waals surface area contributed by atoms with Gasteiger partial charge in [-0.15, -0.1) is 5.10 Å². The van der Waals surface area contributed by atoms with Crippen molar-refractivity contribution in [2.24, 2.45) is 0 Å². The predicted molar refractivity (Wildman–Crippen MR) is 57.9 cm³/mol. The zero-order valence-corrected chi connectivity index (χ0v) is 9.00. The van der Waals surface area contributed by atoms with Crippen LogP contribution in [0.3, 0.4) is 0 Å². The van der Waals surface area contributed by atoms with E-state index in [1.54, 1.807) is 0 Å². The van der Waals surface area contributed by atoms with Crippen molar-refractivity contribution in [2.45, 2.75) is 51.4 Å². The lowest BCUT2D eigenvalue weighted by Crippen LogP contribution is -1.98. The van der Waals surface area contributed by atoms with E-state index in [0.717, 1.165) is 12.1 Å². The van der Waals surface area contributed by atoms with Crippen molar-refractivity contribution in [3.05, 3.63) is 18.8 Å². The SMILES string of the molecule is [CH2]CC(CCCCCC)c1c[nH]nn1. The van der Waals surface area contributed by atoms with Gasteiger partial charge in [0.25, 0.3) is 0 Å². The zero-order valence-electron chi connectivity index (χ0n) is 9.00. The molecule has 0 amide bonds. The van der Waals surface area contributed by atoms with Crippen LogP contribution in [0.15, 0.2) is 6.20 Å². The normalized spacial score (nSPS) is 13.0. The highest BCUT2D eigenvalue weighted by atomic mass is 15.3. The van der Waals surface area contributed by atoms with Gasteiger partial charge in [-0.2, -0.15) is 0 Å². The molecular weight excluding hydrogens is 174 g/mol. The van der Waals surface area contributed by atoms with Crippen molar-refractivity contribution in [3.8, 4) is 0 Å². The average Bonchev–Trinajstić information content (AvgIpc) is 2.71. The van der Waals surface area contributed by atoms with Crippen LogP contribution in [0.2, 0.25) is 0 Å². The van der Waals surface area contributed by atoms with E-state index < -0.39 is 0 Å². The van der Waals surface area contributed by atoms with Crippen LogP contribution in [0.5, 0.6) is 0 Å². The van der Waals surface area contributed by atoms with Crippen LogP contribution in [-0.2, 0) is 0 Å². The number of nitrogens with zero attached hydrogens (tertiary/aromatic N) is 2. The van der Waals surface area contributed by atoms with Gasteiger partial charge in [-0.1, -0.05) is 44.7 Å². The molecule has 1 heterocycles. The van der Waals surface area contributed by atoms with Gasteiger partial charge >= 0.3 is 0 Å². The molecule has 0 aliphatic heterocycles. The van der Waals surface area contributed by atoms with Crippen molar-refractivity contribution in [1.82, 2.24) is 15.4 Å². The molecular formula is C11H20N3. The fourth-order valence-electron chi connectivity index (χ4n) is 1.67. The number of H-pyrrole nitrogens is 1. The third-order valence-corrected chi connectivity index (χ3v) is 2.61. The van der Waals surface area contributed by atoms with Crippen LogP contribution >= 0.6 is 0 Å². The third kappa shape index (κ3) is 3.48. The number of hydrogen-bond donors (Lipinski definition) is 1. The molecule has 1 N–H and O–H groups in total. The molecule has 0 aliphatic rings. The Labute approximate surface area is 86.3 Å². The van der Waals surface area contributed by atoms with Gasteiger partial charge in [-0.25, -0.2) is 0 Å². The first-order valence-corrected chi connectivity index (χ1v) is 5.54. The molecule has 0 fully saturated rings. The quantitative estimate of drug-likeness (QED) is 0.678. The molecule has 79 valence electrons. The van der Waals surface area contributed by atoms with Crippen LogP contribution in [0.25, 0.3) is 0 Å². The molecule has 3 nitrogen and oxygen atoms in total. The third-order valence-electron chi connectivity index (χ3n) is 2.61. The fourth-order valence-corrected chi connectivity index (χ4v) is 1.67. The number of rotatable bonds is 7. The second-order valence-corrected chi connectivity index (χ2v) is 3.73. The van der Waals surface area contributed by atoms with E-state index in [1.807, 2.05) is 6.20 Å². The van der Waals surface area contributed by atoms with Crippen molar-refractivity contribution < 1.29 is 0 Å². The Hall–Kier alpha value is -0.860. The molecule has 1 aromatic rings. The predicted octanol–water partition coefficient (Wildman–Crippen LogP) is 3.08. The van der Waals surface area contributed by atoms with Crippen LogP contribution in [0, 0.1) is 6.92 Å². The van der Waals surface area contributed by atoms with E-state index in [2.05, 4.69) is 29.3 Å². The first-order valence-electron chi connectivity index (χ1n) is 5.54. The van der Waals surface area contributed by atoms with Gasteiger partial charge < -0.3 is 0 Å². The Morgan fingerprint density at radius 3 is 2.86 bits per heavy atom. The van der Waals surface area contributed by atoms with Crippen molar-refractivity contribution in [3.63, 3.8) is 0 Å². The van der Waals surface area contributed by atoms with Crippen molar-refractivity contribution in [2.75, 3.05) is 0 Å². The Kier molecular flexibility index (Phi) is 5.27. The van der Waals surface area contributed by atoms with Crippen LogP contribution in [0.4, 0.5) is 0 Å². The van der Waals surface area contributed by atoms with Crippen LogP contribution in [-0.4, -0.2) is 15.4 Å². The summed E-state index contributed by atoms with van der Waals surface area (Å²) in [7, 11) is 0. The highest BCUT2D eigenvalue weighted by Crippen LogP contribution is 2.23. The minimum absolute atomic E-state index is 0.491. The largest absolute Gasteiger partial charge is 0.265 e. The molecule has 1 radical (unpaired) electrons. The van der Waals surface area contributed by atoms with E-state index in [0.29, 0.717) is 5.92 Å². The maximum absolute atomic E-state index is 4.04. The maximum Gasteiger partial charge on any atom is 0.0855 e. The van der Waals surface area contributed by atoms with Crippen molar-refractivity contribution >= 4 is 0 Å². The summed E-state index contributed by atoms with van der Waals surface area (Å²) in [5, 5.41) is 10.5. The first kappa shape index (κ1) is 11.2. The maximum atomic E-state index is 4.04. The highest BCUT2D eigenvalue weighted by molar-refractivity contribution is 5.00. The first-order chi connectivity index (χ1) is 6.88. The van der Waals surface area contributed by atoms with Gasteiger partial charge in [0, 0.05) is 12.1 Å². The summed E-state index contributed by atoms with van der Waals surface area (Å²) >= 11 is 0. The van der Waals surface area contributed by atoms with Crippen molar-refractivity contribution in [1.29, 1.82) is 0 Å². The summed E-state index contributed by atoms with van der Waals surface area (Å²) < 4.78 is 0. The molecule has 14 heavy (non-hydrogen) atoms. The number of hydrogen-bond acceptors (Lipinski definition) is 2. The Bertz CT molecular complexity index is 218. The minimum Gasteiger partial charge on any atom is -0.265 e. The van der Waals surface area contributed by atoms with E-state index in [-0.39, 0.29) is 0 Å². The smallest absolute Gasteiger partial charge is 0.0855 e. The highest BCUT2D eigenvalue weighted by Gasteiger charge is 2.11. The van der Waals surface area contributed by atoms with E-state index >= 15 is 0 Å². The molecule has 1 atom stereocenters. The standard InChI is InChI=1S/C11H20N3/c1-3-5-6-7-8-10(4-2)11-9-12-14-13-11/h9-10H,2-8H2,1H3,(H,12,13,14). The number of aromatic amines is 1. The number of unbranched alkanes of at least 4 members (excludes halogenated alkanes) is 3. The van der Waals surface area contributed by atoms with Gasteiger partial charge in [0.15, 0.2) is 0 Å².